The quantitative estimate of drug-likeness (QED) is 0.626. The highest BCUT2D eigenvalue weighted by molar-refractivity contribution is 5.77. The van der Waals surface area contributed by atoms with E-state index >= 15 is 0 Å². The lowest BCUT2D eigenvalue weighted by Gasteiger charge is -2.42. The molecule has 2 aromatic carbocycles. The van der Waals surface area contributed by atoms with Gasteiger partial charge in [0.1, 0.15) is 5.54 Å². The minimum atomic E-state index is -4.36. The summed E-state index contributed by atoms with van der Waals surface area (Å²) in [6.07, 6.45) is -2.15. The van der Waals surface area contributed by atoms with Crippen molar-refractivity contribution in [1.82, 2.24) is 9.80 Å². The average Bonchev–Trinajstić information content (AvgIpc) is 2.77. The van der Waals surface area contributed by atoms with Crippen LogP contribution in [0.25, 0.3) is 11.1 Å². The smallest absolute Gasteiger partial charge is 0.416 e. The SMILES string of the molecule is CC(C)(C(=O)O)N1CCC(N(C=O)Cc2ccc(-c3ccc(C(F)(F)F)cc3)cc2)CC1. The molecule has 1 amide bonds. The molecule has 8 heteroatoms. The van der Waals surface area contributed by atoms with Crippen LogP contribution in [0.1, 0.15) is 37.8 Å². The third-order valence-electron chi connectivity index (χ3n) is 6.25. The van der Waals surface area contributed by atoms with Crippen molar-refractivity contribution < 1.29 is 27.9 Å². The fourth-order valence-electron chi connectivity index (χ4n) is 4.01. The summed E-state index contributed by atoms with van der Waals surface area (Å²) >= 11 is 0. The fourth-order valence-corrected chi connectivity index (χ4v) is 4.01. The van der Waals surface area contributed by atoms with Gasteiger partial charge in [-0.1, -0.05) is 36.4 Å². The van der Waals surface area contributed by atoms with E-state index in [9.17, 15) is 27.9 Å². The third-order valence-corrected chi connectivity index (χ3v) is 6.25. The van der Waals surface area contributed by atoms with Crippen LogP contribution in [0.4, 0.5) is 13.2 Å². The minimum absolute atomic E-state index is 0.0305. The highest BCUT2D eigenvalue weighted by atomic mass is 19.4. The highest BCUT2D eigenvalue weighted by Gasteiger charge is 2.37. The van der Waals surface area contributed by atoms with Gasteiger partial charge in [-0.2, -0.15) is 13.2 Å². The maximum absolute atomic E-state index is 12.7. The number of nitrogens with zero attached hydrogens (tertiary/aromatic N) is 2. The summed E-state index contributed by atoms with van der Waals surface area (Å²) in [6, 6.07) is 12.5. The number of amides is 1. The number of carbonyl (C=O) groups is 2. The number of hydrogen-bond donors (Lipinski definition) is 1. The zero-order chi connectivity index (χ0) is 23.5. The number of benzene rings is 2. The molecule has 3 rings (SSSR count). The van der Waals surface area contributed by atoms with Crippen LogP contribution in [0, 0.1) is 0 Å². The van der Waals surface area contributed by atoms with Crippen molar-refractivity contribution in [2.45, 2.75) is 51.0 Å². The van der Waals surface area contributed by atoms with E-state index in [1.54, 1.807) is 18.7 Å². The zero-order valence-corrected chi connectivity index (χ0v) is 18.1. The van der Waals surface area contributed by atoms with Crippen molar-refractivity contribution in [3.05, 3.63) is 59.7 Å². The first-order valence-corrected chi connectivity index (χ1v) is 10.5. The molecule has 0 unspecified atom stereocenters. The molecule has 1 aliphatic rings. The van der Waals surface area contributed by atoms with Gasteiger partial charge in [0, 0.05) is 25.7 Å². The summed E-state index contributed by atoms with van der Waals surface area (Å²) in [6.45, 7) is 4.99. The summed E-state index contributed by atoms with van der Waals surface area (Å²) < 4.78 is 38.2. The number of aliphatic carboxylic acids is 1. The highest BCUT2D eigenvalue weighted by Crippen LogP contribution is 2.31. The van der Waals surface area contributed by atoms with E-state index < -0.39 is 23.2 Å². The lowest BCUT2D eigenvalue weighted by atomic mass is 9.95. The lowest BCUT2D eigenvalue weighted by molar-refractivity contribution is -0.150. The van der Waals surface area contributed by atoms with Gasteiger partial charge in [-0.25, -0.2) is 0 Å². The molecule has 172 valence electrons. The van der Waals surface area contributed by atoms with Crippen molar-refractivity contribution in [1.29, 1.82) is 0 Å². The molecule has 5 nitrogen and oxygen atoms in total. The van der Waals surface area contributed by atoms with E-state index in [0.717, 1.165) is 29.7 Å². The van der Waals surface area contributed by atoms with E-state index in [-0.39, 0.29) is 6.04 Å². The van der Waals surface area contributed by atoms with Gasteiger partial charge in [0.2, 0.25) is 6.41 Å². The first-order chi connectivity index (χ1) is 15.0. The number of hydrogen-bond acceptors (Lipinski definition) is 3. The van der Waals surface area contributed by atoms with Crippen molar-refractivity contribution >= 4 is 12.4 Å². The molecule has 0 aliphatic carbocycles. The number of likely N-dealkylation sites (tertiary alicyclic amines) is 1. The van der Waals surface area contributed by atoms with Gasteiger partial charge in [-0.15, -0.1) is 0 Å². The molecule has 0 atom stereocenters. The van der Waals surface area contributed by atoms with E-state index in [0.29, 0.717) is 38.0 Å². The summed E-state index contributed by atoms with van der Waals surface area (Å²) in [5.41, 5.74) is 0.776. The Bertz CT molecular complexity index is 932. The van der Waals surface area contributed by atoms with Gasteiger partial charge in [0.05, 0.1) is 5.56 Å². The second-order valence-corrected chi connectivity index (χ2v) is 8.63. The van der Waals surface area contributed by atoms with Gasteiger partial charge in [0.25, 0.3) is 0 Å². The van der Waals surface area contributed by atoms with Crippen LogP contribution in [0.15, 0.2) is 48.5 Å². The van der Waals surface area contributed by atoms with Crippen molar-refractivity contribution in [3.8, 4) is 11.1 Å². The molecule has 0 radical (unpaired) electrons. The van der Waals surface area contributed by atoms with Crippen LogP contribution < -0.4 is 0 Å². The molecular formula is C24H27F3N2O3. The van der Waals surface area contributed by atoms with Crippen molar-refractivity contribution in [3.63, 3.8) is 0 Å². The molecule has 1 N–H and O–H groups in total. The number of halogens is 3. The second-order valence-electron chi connectivity index (χ2n) is 8.63. The fraction of sp³-hybridized carbons (Fsp3) is 0.417. The first kappa shape index (κ1) is 23.8. The first-order valence-electron chi connectivity index (χ1n) is 10.5. The van der Waals surface area contributed by atoms with E-state index in [4.69, 9.17) is 0 Å². The number of piperidine rings is 1. The Morgan fingerprint density at radius 1 is 1.03 bits per heavy atom. The molecule has 0 aromatic heterocycles. The molecule has 1 aliphatic heterocycles. The van der Waals surface area contributed by atoms with Gasteiger partial charge in [0.15, 0.2) is 0 Å². The van der Waals surface area contributed by atoms with Crippen LogP contribution in [0.5, 0.6) is 0 Å². The molecule has 0 saturated carbocycles. The molecular weight excluding hydrogens is 421 g/mol. The Labute approximate surface area is 185 Å². The number of alkyl halides is 3. The van der Waals surface area contributed by atoms with Gasteiger partial charge >= 0.3 is 12.1 Å². The van der Waals surface area contributed by atoms with Gasteiger partial charge in [-0.3, -0.25) is 14.5 Å². The number of carboxylic acids is 1. The molecule has 2 aromatic rings. The van der Waals surface area contributed by atoms with Crippen LogP contribution in [0.3, 0.4) is 0 Å². The molecule has 1 fully saturated rings. The van der Waals surface area contributed by atoms with Crippen LogP contribution in [-0.4, -0.2) is 52.0 Å². The molecule has 0 spiro atoms. The van der Waals surface area contributed by atoms with Crippen LogP contribution in [-0.2, 0) is 22.3 Å². The summed E-state index contributed by atoms with van der Waals surface area (Å²) in [5.74, 6) is -0.865. The summed E-state index contributed by atoms with van der Waals surface area (Å²) in [7, 11) is 0. The van der Waals surface area contributed by atoms with Gasteiger partial charge in [-0.05, 0) is 55.5 Å². The molecule has 1 heterocycles. The Hall–Kier alpha value is -2.87. The topological polar surface area (TPSA) is 60.9 Å². The van der Waals surface area contributed by atoms with Crippen molar-refractivity contribution in [2.75, 3.05) is 13.1 Å². The number of carbonyl (C=O) groups excluding carboxylic acids is 1. The zero-order valence-electron chi connectivity index (χ0n) is 18.1. The Morgan fingerprint density at radius 3 is 1.97 bits per heavy atom. The maximum atomic E-state index is 12.7. The van der Waals surface area contributed by atoms with Crippen molar-refractivity contribution in [2.24, 2.45) is 0 Å². The second kappa shape index (κ2) is 9.32. The predicted molar refractivity (Wildman–Crippen MR) is 115 cm³/mol. The molecule has 1 saturated heterocycles. The predicted octanol–water partition coefficient (Wildman–Crippen LogP) is 4.66. The average molecular weight is 448 g/mol. The van der Waals surface area contributed by atoms with E-state index in [1.165, 1.54) is 12.1 Å². The standard InChI is InChI=1S/C24H27F3N2O3/c1-23(2,22(31)32)29-13-11-21(12-14-29)28(16-30)15-17-3-5-18(6-4-17)19-7-9-20(10-8-19)24(25,26)27/h3-10,16,21H,11-15H2,1-2H3,(H,31,32). The Kier molecular flexibility index (Phi) is 6.93. The van der Waals surface area contributed by atoms with E-state index in [1.807, 2.05) is 29.2 Å². The molecule has 0 bridgehead atoms. The van der Waals surface area contributed by atoms with Gasteiger partial charge < -0.3 is 10.0 Å². The Balaban J connectivity index is 1.62. The lowest BCUT2D eigenvalue weighted by Crippen LogP contribution is -2.55. The maximum Gasteiger partial charge on any atom is 0.416 e. The van der Waals surface area contributed by atoms with Crippen LogP contribution >= 0.6 is 0 Å². The monoisotopic (exact) mass is 448 g/mol. The largest absolute Gasteiger partial charge is 0.480 e. The Morgan fingerprint density at radius 2 is 1.53 bits per heavy atom. The minimum Gasteiger partial charge on any atom is -0.480 e. The van der Waals surface area contributed by atoms with E-state index in [2.05, 4.69) is 0 Å². The number of carboxylic acid groups (broad SMARTS) is 1. The summed E-state index contributed by atoms with van der Waals surface area (Å²) in [5, 5.41) is 9.41. The normalized spacial score (nSPS) is 16.0. The summed E-state index contributed by atoms with van der Waals surface area (Å²) in [4.78, 5) is 26.8. The number of rotatable bonds is 7. The van der Waals surface area contributed by atoms with Crippen LogP contribution in [0.2, 0.25) is 0 Å². The third kappa shape index (κ3) is 5.30. The molecule has 32 heavy (non-hydrogen) atoms.